The van der Waals surface area contributed by atoms with E-state index in [-0.39, 0.29) is 36.7 Å². The first-order valence-corrected chi connectivity index (χ1v) is 8.92. The molecule has 0 spiro atoms. The number of aromatic nitrogens is 1. The zero-order chi connectivity index (χ0) is 19.2. The van der Waals surface area contributed by atoms with E-state index in [9.17, 15) is 14.7 Å². The molecule has 1 aromatic heterocycles. The molecule has 0 unspecified atom stereocenters. The summed E-state index contributed by atoms with van der Waals surface area (Å²) in [5, 5.41) is 12.3. The van der Waals surface area contributed by atoms with E-state index in [1.165, 1.54) is 6.07 Å². The van der Waals surface area contributed by atoms with Crippen LogP contribution in [0.15, 0.2) is 54.6 Å². The maximum Gasteiger partial charge on any atom is 0.306 e. The Balaban J connectivity index is 1.75. The van der Waals surface area contributed by atoms with Crippen LogP contribution in [0, 0.1) is 0 Å². The third-order valence-electron chi connectivity index (χ3n) is 4.26. The number of fused-ring (bicyclic) bond motifs is 1. The van der Waals surface area contributed by atoms with Crippen molar-refractivity contribution < 1.29 is 19.4 Å². The van der Waals surface area contributed by atoms with E-state index in [0.29, 0.717) is 12.1 Å². The SMILES string of the molecule is CCOC(=O)CCC(=O)c1nc(Cc2ccc3ccccc3c2)ccc1O. The minimum absolute atomic E-state index is 0.00223. The van der Waals surface area contributed by atoms with Crippen LogP contribution in [-0.4, -0.2) is 28.4 Å². The minimum atomic E-state index is -0.433. The highest BCUT2D eigenvalue weighted by Crippen LogP contribution is 2.21. The zero-order valence-corrected chi connectivity index (χ0v) is 15.1. The first-order chi connectivity index (χ1) is 13.1. The second-order valence-corrected chi connectivity index (χ2v) is 6.26. The smallest absolute Gasteiger partial charge is 0.306 e. The number of benzene rings is 2. The summed E-state index contributed by atoms with van der Waals surface area (Å²) in [7, 11) is 0. The molecular weight excluding hydrogens is 342 g/mol. The minimum Gasteiger partial charge on any atom is -0.506 e. The van der Waals surface area contributed by atoms with Crippen LogP contribution in [0.5, 0.6) is 5.75 Å². The zero-order valence-electron chi connectivity index (χ0n) is 15.1. The van der Waals surface area contributed by atoms with Crippen molar-refractivity contribution in [2.45, 2.75) is 26.2 Å². The number of hydrogen-bond donors (Lipinski definition) is 1. The molecule has 3 aromatic rings. The molecule has 1 heterocycles. The van der Waals surface area contributed by atoms with Gasteiger partial charge in [0.25, 0.3) is 0 Å². The highest BCUT2D eigenvalue weighted by Gasteiger charge is 2.16. The van der Waals surface area contributed by atoms with Crippen LogP contribution < -0.4 is 0 Å². The van der Waals surface area contributed by atoms with Gasteiger partial charge in [-0.05, 0) is 35.4 Å². The second kappa shape index (κ2) is 8.45. The number of ketones is 1. The lowest BCUT2D eigenvalue weighted by Crippen LogP contribution is -2.10. The summed E-state index contributed by atoms with van der Waals surface area (Å²) in [5.74, 6) is -0.982. The lowest BCUT2D eigenvalue weighted by molar-refractivity contribution is -0.143. The summed E-state index contributed by atoms with van der Waals surface area (Å²) < 4.78 is 4.82. The molecule has 27 heavy (non-hydrogen) atoms. The highest BCUT2D eigenvalue weighted by atomic mass is 16.5. The van der Waals surface area contributed by atoms with Crippen LogP contribution in [0.2, 0.25) is 0 Å². The van der Waals surface area contributed by atoms with Crippen LogP contribution in [0.1, 0.15) is 41.5 Å². The molecule has 0 aliphatic rings. The first-order valence-electron chi connectivity index (χ1n) is 8.92. The van der Waals surface area contributed by atoms with Crippen LogP contribution in [0.3, 0.4) is 0 Å². The normalized spacial score (nSPS) is 10.7. The van der Waals surface area contributed by atoms with Gasteiger partial charge in [-0.2, -0.15) is 0 Å². The van der Waals surface area contributed by atoms with Gasteiger partial charge in [-0.15, -0.1) is 0 Å². The van der Waals surface area contributed by atoms with Crippen LogP contribution in [0.25, 0.3) is 10.8 Å². The average molecular weight is 363 g/mol. The molecular formula is C22H21NO4. The van der Waals surface area contributed by atoms with E-state index in [0.717, 1.165) is 16.3 Å². The van der Waals surface area contributed by atoms with E-state index in [1.54, 1.807) is 13.0 Å². The van der Waals surface area contributed by atoms with E-state index in [1.807, 2.05) is 24.3 Å². The molecule has 0 saturated heterocycles. The van der Waals surface area contributed by atoms with Gasteiger partial charge in [-0.25, -0.2) is 4.98 Å². The maximum atomic E-state index is 12.3. The second-order valence-electron chi connectivity index (χ2n) is 6.26. The Morgan fingerprint density at radius 3 is 2.56 bits per heavy atom. The van der Waals surface area contributed by atoms with Gasteiger partial charge in [0, 0.05) is 18.5 Å². The largest absolute Gasteiger partial charge is 0.506 e. The first kappa shape index (κ1) is 18.6. The topological polar surface area (TPSA) is 76.5 Å². The van der Waals surface area contributed by atoms with Gasteiger partial charge >= 0.3 is 5.97 Å². The van der Waals surface area contributed by atoms with E-state index < -0.39 is 5.97 Å². The molecule has 0 amide bonds. The Hall–Kier alpha value is -3.21. The molecule has 5 nitrogen and oxygen atoms in total. The third-order valence-corrected chi connectivity index (χ3v) is 4.26. The number of Topliss-reactive ketones (excluding diaryl/α,β-unsaturated/α-hetero) is 1. The monoisotopic (exact) mass is 363 g/mol. The molecule has 2 aromatic carbocycles. The summed E-state index contributed by atoms with van der Waals surface area (Å²) in [6.07, 6.45) is 0.477. The summed E-state index contributed by atoms with van der Waals surface area (Å²) in [6, 6.07) is 17.4. The van der Waals surface area contributed by atoms with Crippen molar-refractivity contribution >= 4 is 22.5 Å². The van der Waals surface area contributed by atoms with Gasteiger partial charge < -0.3 is 9.84 Å². The van der Waals surface area contributed by atoms with E-state index >= 15 is 0 Å². The van der Waals surface area contributed by atoms with Gasteiger partial charge in [0.15, 0.2) is 5.78 Å². The quantitative estimate of drug-likeness (QED) is 0.506. The molecule has 0 fully saturated rings. The lowest BCUT2D eigenvalue weighted by Gasteiger charge is -2.08. The van der Waals surface area contributed by atoms with Crippen LogP contribution in [0.4, 0.5) is 0 Å². The fourth-order valence-electron chi connectivity index (χ4n) is 2.92. The Bertz CT molecular complexity index is 981. The van der Waals surface area contributed by atoms with Gasteiger partial charge in [0.05, 0.1) is 13.0 Å². The average Bonchev–Trinajstić information content (AvgIpc) is 2.68. The number of carbonyl (C=O) groups excluding carboxylic acids is 2. The van der Waals surface area contributed by atoms with Crippen molar-refractivity contribution in [3.63, 3.8) is 0 Å². The van der Waals surface area contributed by atoms with Crippen molar-refractivity contribution in [2.75, 3.05) is 6.61 Å². The van der Waals surface area contributed by atoms with E-state index in [2.05, 4.69) is 23.2 Å². The number of esters is 1. The summed E-state index contributed by atoms with van der Waals surface area (Å²) in [4.78, 5) is 28.1. The Morgan fingerprint density at radius 1 is 1.00 bits per heavy atom. The van der Waals surface area contributed by atoms with Crippen LogP contribution >= 0.6 is 0 Å². The predicted octanol–water partition coefficient (Wildman–Crippen LogP) is 4.06. The molecule has 5 heteroatoms. The van der Waals surface area contributed by atoms with Gasteiger partial charge in [0.2, 0.25) is 0 Å². The highest BCUT2D eigenvalue weighted by molar-refractivity contribution is 5.98. The molecule has 0 atom stereocenters. The van der Waals surface area contributed by atoms with Crippen molar-refractivity contribution in [2.24, 2.45) is 0 Å². The van der Waals surface area contributed by atoms with Gasteiger partial charge in [-0.1, -0.05) is 42.5 Å². The molecule has 138 valence electrons. The summed E-state index contributed by atoms with van der Waals surface area (Å²) in [5.41, 5.74) is 1.75. The number of rotatable bonds is 7. The van der Waals surface area contributed by atoms with Crippen molar-refractivity contribution in [1.29, 1.82) is 0 Å². The number of pyridine rings is 1. The van der Waals surface area contributed by atoms with E-state index in [4.69, 9.17) is 4.74 Å². The van der Waals surface area contributed by atoms with Crippen molar-refractivity contribution in [3.05, 3.63) is 71.5 Å². The van der Waals surface area contributed by atoms with Crippen molar-refractivity contribution in [1.82, 2.24) is 4.98 Å². The molecule has 0 bridgehead atoms. The third kappa shape index (κ3) is 4.70. The lowest BCUT2D eigenvalue weighted by atomic mass is 10.0. The van der Waals surface area contributed by atoms with Crippen molar-refractivity contribution in [3.8, 4) is 5.75 Å². The number of ether oxygens (including phenoxy) is 1. The fourth-order valence-corrected chi connectivity index (χ4v) is 2.92. The predicted molar refractivity (Wildman–Crippen MR) is 103 cm³/mol. The number of carbonyl (C=O) groups is 2. The fraction of sp³-hybridized carbons (Fsp3) is 0.227. The van der Waals surface area contributed by atoms with Gasteiger partial charge in [0.1, 0.15) is 11.4 Å². The molecule has 1 N–H and O–H groups in total. The summed E-state index contributed by atoms with van der Waals surface area (Å²) >= 11 is 0. The summed E-state index contributed by atoms with van der Waals surface area (Å²) in [6.45, 7) is 1.99. The Labute approximate surface area is 157 Å². The molecule has 3 rings (SSSR count). The molecule has 0 radical (unpaired) electrons. The molecule has 0 aliphatic heterocycles. The standard InChI is InChI=1S/C22H21NO4/c1-2-27-21(26)12-11-20(25)22-19(24)10-9-18(23-22)14-15-7-8-16-5-3-4-6-17(16)13-15/h3-10,13,24H,2,11-12,14H2,1H3. The Morgan fingerprint density at radius 2 is 1.78 bits per heavy atom. The van der Waals surface area contributed by atoms with Gasteiger partial charge in [-0.3, -0.25) is 9.59 Å². The van der Waals surface area contributed by atoms with Crippen LogP contribution in [-0.2, 0) is 16.0 Å². The molecule has 0 aliphatic carbocycles. The number of aromatic hydroxyl groups is 1. The maximum absolute atomic E-state index is 12.3. The number of hydrogen-bond acceptors (Lipinski definition) is 5. The Kier molecular flexibility index (Phi) is 5.81. The number of nitrogens with zero attached hydrogens (tertiary/aromatic N) is 1. The molecule has 0 saturated carbocycles.